The first kappa shape index (κ1) is 12.7. The van der Waals surface area contributed by atoms with Crippen molar-refractivity contribution in [3.63, 3.8) is 0 Å². The summed E-state index contributed by atoms with van der Waals surface area (Å²) in [5.41, 5.74) is 0.619. The molecule has 0 unspecified atom stereocenters. The zero-order valence-electron chi connectivity index (χ0n) is 10.9. The molecule has 0 heterocycles. The van der Waals surface area contributed by atoms with Crippen molar-refractivity contribution in [1.82, 2.24) is 5.32 Å². The summed E-state index contributed by atoms with van der Waals surface area (Å²) in [6.45, 7) is 4.96. The van der Waals surface area contributed by atoms with Crippen molar-refractivity contribution in [2.45, 2.75) is 32.7 Å². The molecule has 1 amide bonds. The largest absolute Gasteiger partial charge is 0.490 e. The van der Waals surface area contributed by atoms with E-state index in [4.69, 9.17) is 9.47 Å². The van der Waals surface area contributed by atoms with Gasteiger partial charge in [-0.25, -0.2) is 0 Å². The lowest BCUT2D eigenvalue weighted by Crippen LogP contribution is -2.25. The quantitative estimate of drug-likeness (QED) is 0.842. The second kappa shape index (κ2) is 5.76. The molecule has 0 aliphatic heterocycles. The van der Waals surface area contributed by atoms with E-state index in [-0.39, 0.29) is 5.91 Å². The maximum atomic E-state index is 11.9. The Hall–Kier alpha value is -1.71. The fraction of sp³-hybridized carbons (Fsp3) is 0.500. The highest BCUT2D eigenvalue weighted by Crippen LogP contribution is 2.29. The van der Waals surface area contributed by atoms with Crippen LogP contribution in [0.3, 0.4) is 0 Å². The third-order valence-electron chi connectivity index (χ3n) is 2.72. The molecule has 4 nitrogen and oxygen atoms in total. The summed E-state index contributed by atoms with van der Waals surface area (Å²) in [5.74, 6) is 1.27. The van der Waals surface area contributed by atoms with E-state index >= 15 is 0 Å². The number of amides is 1. The first-order valence-electron chi connectivity index (χ1n) is 6.45. The van der Waals surface area contributed by atoms with Gasteiger partial charge in [-0.1, -0.05) is 0 Å². The topological polar surface area (TPSA) is 47.6 Å². The highest BCUT2D eigenvalue weighted by atomic mass is 16.5. The number of hydrogen-bond donors (Lipinski definition) is 1. The highest BCUT2D eigenvalue weighted by molar-refractivity contribution is 5.95. The maximum Gasteiger partial charge on any atom is 0.251 e. The van der Waals surface area contributed by atoms with Gasteiger partial charge in [0.15, 0.2) is 11.5 Å². The van der Waals surface area contributed by atoms with Gasteiger partial charge in [0.1, 0.15) is 0 Å². The molecule has 0 aromatic heterocycles. The first-order chi connectivity index (χ1) is 8.74. The van der Waals surface area contributed by atoms with Gasteiger partial charge in [-0.15, -0.1) is 0 Å². The molecule has 1 aromatic carbocycles. The average molecular weight is 249 g/mol. The number of carbonyl (C=O) groups excluding carboxylic acids is 1. The van der Waals surface area contributed by atoms with E-state index in [9.17, 15) is 4.79 Å². The SMILES string of the molecule is CCOc1ccc(C(=O)NC2CC2)cc1OCC. The standard InChI is InChI=1S/C14H19NO3/c1-3-17-12-8-5-10(9-13(12)18-4-2)14(16)15-11-6-7-11/h5,8-9,11H,3-4,6-7H2,1-2H3,(H,15,16). The Morgan fingerprint density at radius 2 is 1.89 bits per heavy atom. The van der Waals surface area contributed by atoms with E-state index in [2.05, 4.69) is 5.32 Å². The summed E-state index contributed by atoms with van der Waals surface area (Å²) in [7, 11) is 0. The minimum absolute atomic E-state index is 0.0403. The summed E-state index contributed by atoms with van der Waals surface area (Å²) in [5, 5.41) is 2.96. The number of rotatable bonds is 6. The Labute approximate surface area is 107 Å². The van der Waals surface area contributed by atoms with Gasteiger partial charge in [0, 0.05) is 11.6 Å². The zero-order chi connectivity index (χ0) is 13.0. The highest BCUT2D eigenvalue weighted by Gasteiger charge is 2.24. The molecular weight excluding hydrogens is 230 g/mol. The van der Waals surface area contributed by atoms with E-state index in [1.807, 2.05) is 13.8 Å². The predicted molar refractivity (Wildman–Crippen MR) is 69.3 cm³/mol. The number of carbonyl (C=O) groups is 1. The van der Waals surface area contributed by atoms with Crippen molar-refractivity contribution in [2.24, 2.45) is 0 Å². The minimum atomic E-state index is -0.0403. The average Bonchev–Trinajstić information content (AvgIpc) is 3.16. The summed E-state index contributed by atoms with van der Waals surface area (Å²) >= 11 is 0. The second-order valence-corrected chi connectivity index (χ2v) is 4.28. The van der Waals surface area contributed by atoms with E-state index < -0.39 is 0 Å². The van der Waals surface area contributed by atoms with Crippen LogP contribution >= 0.6 is 0 Å². The third-order valence-corrected chi connectivity index (χ3v) is 2.72. The first-order valence-corrected chi connectivity index (χ1v) is 6.45. The van der Waals surface area contributed by atoms with Gasteiger partial charge in [-0.05, 0) is 44.9 Å². The van der Waals surface area contributed by atoms with Crippen LogP contribution in [0.15, 0.2) is 18.2 Å². The fourth-order valence-corrected chi connectivity index (χ4v) is 1.69. The van der Waals surface area contributed by atoms with Crippen LogP contribution in [0.5, 0.6) is 11.5 Å². The molecule has 1 aromatic rings. The van der Waals surface area contributed by atoms with Crippen LogP contribution in [-0.2, 0) is 0 Å². The molecule has 2 rings (SSSR count). The lowest BCUT2D eigenvalue weighted by Gasteiger charge is -2.12. The summed E-state index contributed by atoms with van der Waals surface area (Å²) in [6, 6.07) is 5.66. The molecule has 1 aliphatic carbocycles. The number of hydrogen-bond acceptors (Lipinski definition) is 3. The third kappa shape index (κ3) is 3.15. The summed E-state index contributed by atoms with van der Waals surface area (Å²) in [4.78, 5) is 11.9. The second-order valence-electron chi connectivity index (χ2n) is 4.28. The van der Waals surface area contributed by atoms with Crippen molar-refractivity contribution < 1.29 is 14.3 Å². The van der Waals surface area contributed by atoms with Crippen molar-refractivity contribution >= 4 is 5.91 Å². The van der Waals surface area contributed by atoms with Gasteiger partial charge in [-0.3, -0.25) is 4.79 Å². The van der Waals surface area contributed by atoms with E-state index in [0.717, 1.165) is 12.8 Å². The molecule has 1 aliphatic rings. The molecule has 98 valence electrons. The zero-order valence-corrected chi connectivity index (χ0v) is 10.9. The van der Waals surface area contributed by atoms with E-state index in [1.54, 1.807) is 18.2 Å². The molecule has 1 N–H and O–H groups in total. The molecule has 1 fully saturated rings. The van der Waals surface area contributed by atoms with Crippen LogP contribution in [0.25, 0.3) is 0 Å². The number of benzene rings is 1. The van der Waals surface area contributed by atoms with Crippen molar-refractivity contribution in [1.29, 1.82) is 0 Å². The van der Waals surface area contributed by atoms with E-state index in [0.29, 0.717) is 36.3 Å². The Balaban J connectivity index is 2.15. The molecule has 0 bridgehead atoms. The predicted octanol–water partition coefficient (Wildman–Crippen LogP) is 2.38. The van der Waals surface area contributed by atoms with Crippen LogP contribution in [0.1, 0.15) is 37.0 Å². The van der Waals surface area contributed by atoms with Gasteiger partial charge in [-0.2, -0.15) is 0 Å². The molecule has 1 saturated carbocycles. The molecule has 0 spiro atoms. The summed E-state index contributed by atoms with van der Waals surface area (Å²) in [6.07, 6.45) is 2.17. The lowest BCUT2D eigenvalue weighted by molar-refractivity contribution is 0.0950. The summed E-state index contributed by atoms with van der Waals surface area (Å²) < 4.78 is 11.0. The van der Waals surface area contributed by atoms with Crippen LogP contribution in [0.4, 0.5) is 0 Å². The molecule has 0 saturated heterocycles. The smallest absolute Gasteiger partial charge is 0.251 e. The van der Waals surface area contributed by atoms with Gasteiger partial charge >= 0.3 is 0 Å². The van der Waals surface area contributed by atoms with Crippen molar-refractivity contribution in [3.8, 4) is 11.5 Å². The van der Waals surface area contributed by atoms with Crippen LogP contribution < -0.4 is 14.8 Å². The van der Waals surface area contributed by atoms with Gasteiger partial charge in [0.25, 0.3) is 5.91 Å². The number of nitrogens with one attached hydrogen (secondary N) is 1. The van der Waals surface area contributed by atoms with E-state index in [1.165, 1.54) is 0 Å². The van der Waals surface area contributed by atoms with Gasteiger partial charge in [0.05, 0.1) is 13.2 Å². The lowest BCUT2D eigenvalue weighted by atomic mass is 10.2. The maximum absolute atomic E-state index is 11.9. The number of ether oxygens (including phenoxy) is 2. The van der Waals surface area contributed by atoms with Gasteiger partial charge < -0.3 is 14.8 Å². The minimum Gasteiger partial charge on any atom is -0.490 e. The molecule has 18 heavy (non-hydrogen) atoms. The van der Waals surface area contributed by atoms with Crippen molar-refractivity contribution in [2.75, 3.05) is 13.2 Å². The van der Waals surface area contributed by atoms with Crippen LogP contribution in [-0.4, -0.2) is 25.2 Å². The molecule has 0 radical (unpaired) electrons. The molecule has 4 heteroatoms. The Morgan fingerprint density at radius 3 is 2.50 bits per heavy atom. The Morgan fingerprint density at radius 1 is 1.22 bits per heavy atom. The monoisotopic (exact) mass is 249 g/mol. The van der Waals surface area contributed by atoms with Crippen LogP contribution in [0, 0.1) is 0 Å². The Kier molecular flexibility index (Phi) is 4.07. The Bertz CT molecular complexity index is 427. The van der Waals surface area contributed by atoms with Crippen LogP contribution in [0.2, 0.25) is 0 Å². The molecule has 0 atom stereocenters. The van der Waals surface area contributed by atoms with Gasteiger partial charge in [0.2, 0.25) is 0 Å². The normalized spacial score (nSPS) is 14.1. The fourth-order valence-electron chi connectivity index (χ4n) is 1.69. The molecular formula is C14H19NO3. The van der Waals surface area contributed by atoms with Crippen molar-refractivity contribution in [3.05, 3.63) is 23.8 Å².